The molecular weight excluding hydrogens is 363 g/mol. The number of hydrogen-bond donors (Lipinski definition) is 1. The van der Waals surface area contributed by atoms with Crippen molar-refractivity contribution in [2.45, 2.75) is 24.2 Å². The van der Waals surface area contributed by atoms with E-state index in [-0.39, 0.29) is 18.0 Å². The molecule has 0 bridgehead atoms. The molecule has 1 atom stereocenters. The second kappa shape index (κ2) is 7.18. The summed E-state index contributed by atoms with van der Waals surface area (Å²) in [4.78, 5) is 12.8. The molecule has 1 aliphatic rings. The van der Waals surface area contributed by atoms with Crippen molar-refractivity contribution in [2.75, 3.05) is 26.2 Å². The van der Waals surface area contributed by atoms with Crippen LogP contribution in [-0.4, -0.2) is 62.1 Å². The lowest BCUT2D eigenvalue weighted by Gasteiger charge is -2.36. The van der Waals surface area contributed by atoms with Crippen LogP contribution in [0.4, 0.5) is 13.2 Å². The molecule has 1 amide bonds. The maximum absolute atomic E-state index is 12.5. The summed E-state index contributed by atoms with van der Waals surface area (Å²) in [5, 5.41) is 0. The van der Waals surface area contributed by atoms with E-state index in [0.717, 1.165) is 24.3 Å². The topological polar surface area (TPSA) is 92.9 Å². The molecule has 2 N–H and O–H groups in total. The van der Waals surface area contributed by atoms with Gasteiger partial charge < -0.3 is 10.5 Å². The smallest absolute Gasteiger partial charge is 0.406 e. The summed E-state index contributed by atoms with van der Waals surface area (Å²) in [7, 11) is -3.84. The number of ether oxygens (including phenoxy) is 1. The van der Waals surface area contributed by atoms with Gasteiger partial charge in [0.15, 0.2) is 0 Å². The molecule has 1 heterocycles. The molecule has 0 radical (unpaired) electrons. The van der Waals surface area contributed by atoms with E-state index in [4.69, 9.17) is 5.73 Å². The number of carbonyl (C=O) groups is 1. The van der Waals surface area contributed by atoms with E-state index in [1.807, 2.05) is 0 Å². The van der Waals surface area contributed by atoms with Crippen LogP contribution in [0.25, 0.3) is 0 Å². The number of benzene rings is 1. The Morgan fingerprint density at radius 2 is 1.68 bits per heavy atom. The van der Waals surface area contributed by atoms with Gasteiger partial charge >= 0.3 is 6.36 Å². The zero-order valence-electron chi connectivity index (χ0n) is 13.4. The van der Waals surface area contributed by atoms with Crippen molar-refractivity contribution in [3.05, 3.63) is 24.3 Å². The Balaban J connectivity index is 2.06. The van der Waals surface area contributed by atoms with Crippen LogP contribution in [0.3, 0.4) is 0 Å². The first kappa shape index (κ1) is 19.5. The molecule has 11 heteroatoms. The van der Waals surface area contributed by atoms with Gasteiger partial charge in [-0.1, -0.05) is 0 Å². The monoisotopic (exact) mass is 381 g/mol. The Labute approximate surface area is 143 Å². The Hall–Kier alpha value is -1.85. The molecule has 1 fully saturated rings. The van der Waals surface area contributed by atoms with Crippen LogP contribution >= 0.6 is 0 Å². The molecule has 0 aliphatic carbocycles. The molecule has 0 saturated carbocycles. The molecule has 140 valence electrons. The normalized spacial score (nSPS) is 18.7. The predicted molar refractivity (Wildman–Crippen MR) is 82.1 cm³/mol. The SMILES string of the molecule is C[C@H](C(N)=O)N1CCN(S(=O)(=O)c2ccc(OC(F)(F)F)cc2)CC1. The lowest BCUT2D eigenvalue weighted by molar-refractivity contribution is -0.274. The van der Waals surface area contributed by atoms with Crippen molar-refractivity contribution in [1.82, 2.24) is 9.21 Å². The fourth-order valence-corrected chi connectivity index (χ4v) is 3.90. The van der Waals surface area contributed by atoms with Gasteiger partial charge in [-0.05, 0) is 31.2 Å². The third-order valence-electron chi connectivity index (χ3n) is 3.93. The number of rotatable bonds is 5. The van der Waals surface area contributed by atoms with Crippen LogP contribution < -0.4 is 10.5 Å². The highest BCUT2D eigenvalue weighted by Crippen LogP contribution is 2.25. The fraction of sp³-hybridized carbons (Fsp3) is 0.500. The number of carbonyl (C=O) groups excluding carboxylic acids is 1. The molecule has 0 spiro atoms. The van der Waals surface area contributed by atoms with E-state index >= 15 is 0 Å². The van der Waals surface area contributed by atoms with Crippen molar-refractivity contribution >= 4 is 15.9 Å². The van der Waals surface area contributed by atoms with Crippen molar-refractivity contribution in [3.63, 3.8) is 0 Å². The minimum atomic E-state index is -4.84. The Bertz CT molecular complexity index is 714. The zero-order chi connectivity index (χ0) is 18.8. The predicted octanol–water partition coefficient (Wildman–Crippen LogP) is 0.765. The highest BCUT2D eigenvalue weighted by Gasteiger charge is 2.33. The summed E-state index contributed by atoms with van der Waals surface area (Å²) in [5.41, 5.74) is 5.23. The van der Waals surface area contributed by atoms with Gasteiger partial charge in [-0.15, -0.1) is 13.2 Å². The molecule has 0 unspecified atom stereocenters. The number of nitrogens with two attached hydrogens (primary N) is 1. The number of halogens is 3. The van der Waals surface area contributed by atoms with E-state index in [1.54, 1.807) is 11.8 Å². The quantitative estimate of drug-likeness (QED) is 0.813. The third-order valence-corrected chi connectivity index (χ3v) is 5.84. The van der Waals surface area contributed by atoms with Crippen LogP contribution in [0.5, 0.6) is 5.75 Å². The lowest BCUT2D eigenvalue weighted by Crippen LogP contribution is -2.54. The third kappa shape index (κ3) is 4.83. The number of amides is 1. The summed E-state index contributed by atoms with van der Waals surface area (Å²) < 4.78 is 66.4. The standard InChI is InChI=1S/C14H18F3N3O4S/c1-10(13(18)21)19-6-8-20(9-7-19)25(22,23)12-4-2-11(3-5-12)24-14(15,16)17/h2-5,10H,6-9H2,1H3,(H2,18,21)/t10-/m1/s1. The van der Waals surface area contributed by atoms with Gasteiger partial charge in [0.2, 0.25) is 15.9 Å². The second-order valence-corrected chi connectivity index (χ2v) is 7.48. The molecule has 1 aromatic carbocycles. The molecule has 25 heavy (non-hydrogen) atoms. The summed E-state index contributed by atoms with van der Waals surface area (Å²) in [6.07, 6.45) is -4.84. The molecule has 1 aliphatic heterocycles. The van der Waals surface area contributed by atoms with Crippen molar-refractivity contribution in [3.8, 4) is 5.75 Å². The minimum Gasteiger partial charge on any atom is -0.406 e. The average molecular weight is 381 g/mol. The summed E-state index contributed by atoms with van der Waals surface area (Å²) in [5.74, 6) is -0.983. The maximum Gasteiger partial charge on any atom is 0.573 e. The van der Waals surface area contributed by atoms with Crippen LogP contribution in [-0.2, 0) is 14.8 Å². The highest BCUT2D eigenvalue weighted by molar-refractivity contribution is 7.89. The highest BCUT2D eigenvalue weighted by atomic mass is 32.2. The maximum atomic E-state index is 12.5. The summed E-state index contributed by atoms with van der Waals surface area (Å²) in [6, 6.07) is 3.53. The molecule has 1 saturated heterocycles. The van der Waals surface area contributed by atoms with Crippen LogP contribution in [0.1, 0.15) is 6.92 Å². The Kier molecular flexibility index (Phi) is 5.59. The van der Waals surface area contributed by atoms with E-state index in [9.17, 15) is 26.4 Å². The van der Waals surface area contributed by atoms with Crippen molar-refractivity contribution in [1.29, 1.82) is 0 Å². The zero-order valence-corrected chi connectivity index (χ0v) is 14.2. The van der Waals surface area contributed by atoms with Gasteiger partial charge in [0.1, 0.15) is 5.75 Å². The lowest BCUT2D eigenvalue weighted by atomic mass is 10.2. The van der Waals surface area contributed by atoms with E-state index in [1.165, 1.54) is 4.31 Å². The molecule has 7 nitrogen and oxygen atoms in total. The number of hydrogen-bond acceptors (Lipinski definition) is 5. The van der Waals surface area contributed by atoms with E-state index in [0.29, 0.717) is 13.1 Å². The van der Waals surface area contributed by atoms with Gasteiger partial charge in [0.05, 0.1) is 10.9 Å². The average Bonchev–Trinajstić information content (AvgIpc) is 2.53. The fourth-order valence-electron chi connectivity index (χ4n) is 2.47. The van der Waals surface area contributed by atoms with E-state index in [2.05, 4.69) is 4.74 Å². The van der Waals surface area contributed by atoms with Crippen LogP contribution in [0.2, 0.25) is 0 Å². The van der Waals surface area contributed by atoms with Gasteiger partial charge in [0, 0.05) is 26.2 Å². The molecule has 2 rings (SSSR count). The second-order valence-electron chi connectivity index (χ2n) is 5.54. The molecule has 1 aromatic rings. The van der Waals surface area contributed by atoms with Crippen molar-refractivity contribution in [2.24, 2.45) is 5.73 Å². The van der Waals surface area contributed by atoms with Gasteiger partial charge in [0.25, 0.3) is 0 Å². The largest absolute Gasteiger partial charge is 0.573 e. The van der Waals surface area contributed by atoms with Crippen LogP contribution in [0.15, 0.2) is 29.2 Å². The minimum absolute atomic E-state index is 0.126. The first-order valence-electron chi connectivity index (χ1n) is 7.40. The summed E-state index contributed by atoms with van der Waals surface area (Å²) >= 11 is 0. The number of nitrogens with zero attached hydrogens (tertiary/aromatic N) is 2. The Morgan fingerprint density at radius 1 is 1.16 bits per heavy atom. The first-order valence-corrected chi connectivity index (χ1v) is 8.84. The number of primary amides is 1. The number of piperazine rings is 1. The first-order chi connectivity index (χ1) is 11.5. The summed E-state index contributed by atoms with van der Waals surface area (Å²) in [6.45, 7) is 2.62. The van der Waals surface area contributed by atoms with Gasteiger partial charge in [-0.3, -0.25) is 9.69 Å². The number of alkyl halides is 3. The number of sulfonamides is 1. The van der Waals surface area contributed by atoms with Gasteiger partial charge in [-0.2, -0.15) is 4.31 Å². The van der Waals surface area contributed by atoms with Crippen molar-refractivity contribution < 1.29 is 31.1 Å². The van der Waals surface area contributed by atoms with E-state index < -0.39 is 34.1 Å². The van der Waals surface area contributed by atoms with Gasteiger partial charge in [-0.25, -0.2) is 8.42 Å². The van der Waals surface area contributed by atoms with Crippen LogP contribution in [0, 0.1) is 0 Å². The molecular formula is C14H18F3N3O4S. The molecule has 0 aromatic heterocycles. The Morgan fingerprint density at radius 3 is 2.12 bits per heavy atom.